The van der Waals surface area contributed by atoms with Crippen LogP contribution in [0.2, 0.25) is 0 Å². The first-order chi connectivity index (χ1) is 14.3. The second-order valence-corrected chi connectivity index (χ2v) is 7.89. The van der Waals surface area contributed by atoms with Gasteiger partial charge in [0.15, 0.2) is 0 Å². The van der Waals surface area contributed by atoms with Gasteiger partial charge in [-0.15, -0.1) is 0 Å². The fourth-order valence-electron chi connectivity index (χ4n) is 2.73. The SMILES string of the molecule is CCOC(=O)CN[C@@H](Cc1ccc(OCc2ccccc2)cc1)C(=O)OC(C)(C)C. The van der Waals surface area contributed by atoms with Crippen molar-refractivity contribution in [1.29, 1.82) is 0 Å². The average molecular weight is 414 g/mol. The summed E-state index contributed by atoms with van der Waals surface area (Å²) in [4.78, 5) is 24.3. The largest absolute Gasteiger partial charge is 0.489 e. The summed E-state index contributed by atoms with van der Waals surface area (Å²) in [5.41, 5.74) is 1.40. The van der Waals surface area contributed by atoms with Gasteiger partial charge in [-0.3, -0.25) is 14.9 Å². The number of hydrogen-bond acceptors (Lipinski definition) is 6. The van der Waals surface area contributed by atoms with Gasteiger partial charge < -0.3 is 14.2 Å². The van der Waals surface area contributed by atoms with Crippen LogP contribution in [0.4, 0.5) is 0 Å². The van der Waals surface area contributed by atoms with E-state index in [1.807, 2.05) is 75.4 Å². The Labute approximate surface area is 178 Å². The molecule has 0 aliphatic rings. The van der Waals surface area contributed by atoms with Crippen LogP contribution in [0.15, 0.2) is 54.6 Å². The molecule has 2 aromatic carbocycles. The van der Waals surface area contributed by atoms with Gasteiger partial charge in [-0.1, -0.05) is 42.5 Å². The fraction of sp³-hybridized carbons (Fsp3) is 0.417. The lowest BCUT2D eigenvalue weighted by atomic mass is 10.1. The first kappa shape index (κ1) is 23.4. The van der Waals surface area contributed by atoms with E-state index in [9.17, 15) is 9.59 Å². The molecular formula is C24H31NO5. The monoisotopic (exact) mass is 413 g/mol. The minimum Gasteiger partial charge on any atom is -0.489 e. The zero-order valence-electron chi connectivity index (χ0n) is 18.1. The average Bonchev–Trinajstić information content (AvgIpc) is 2.70. The summed E-state index contributed by atoms with van der Waals surface area (Å²) in [5.74, 6) is -0.0668. The van der Waals surface area contributed by atoms with Gasteiger partial charge in [0, 0.05) is 0 Å². The summed E-state index contributed by atoms with van der Waals surface area (Å²) in [7, 11) is 0. The molecule has 0 fully saturated rings. The lowest BCUT2D eigenvalue weighted by Crippen LogP contribution is -2.45. The first-order valence-corrected chi connectivity index (χ1v) is 10.1. The molecule has 0 saturated heterocycles. The van der Waals surface area contributed by atoms with Crippen LogP contribution in [0.5, 0.6) is 5.75 Å². The molecule has 162 valence electrons. The third-order valence-electron chi connectivity index (χ3n) is 4.10. The van der Waals surface area contributed by atoms with Gasteiger partial charge in [0.1, 0.15) is 24.0 Å². The Kier molecular flexibility index (Phi) is 8.87. The third-order valence-corrected chi connectivity index (χ3v) is 4.10. The van der Waals surface area contributed by atoms with E-state index in [1.54, 1.807) is 6.92 Å². The smallest absolute Gasteiger partial charge is 0.324 e. The van der Waals surface area contributed by atoms with Crippen molar-refractivity contribution in [3.8, 4) is 5.75 Å². The van der Waals surface area contributed by atoms with Gasteiger partial charge in [0.25, 0.3) is 0 Å². The standard InChI is InChI=1S/C24H31NO5/c1-5-28-22(26)16-25-21(23(27)30-24(2,3)4)15-18-11-13-20(14-12-18)29-17-19-9-7-6-8-10-19/h6-14,21,25H,5,15-17H2,1-4H3/t21-/m0/s1. The molecule has 0 heterocycles. The number of esters is 2. The van der Waals surface area contributed by atoms with Crippen molar-refractivity contribution < 1.29 is 23.8 Å². The molecule has 0 aromatic heterocycles. The minimum atomic E-state index is -0.662. The normalized spacial score (nSPS) is 12.1. The summed E-state index contributed by atoms with van der Waals surface area (Å²) in [6.07, 6.45) is 0.382. The molecule has 0 bridgehead atoms. The first-order valence-electron chi connectivity index (χ1n) is 10.1. The number of rotatable bonds is 10. The Hall–Kier alpha value is -2.86. The van der Waals surface area contributed by atoms with Crippen molar-refractivity contribution >= 4 is 11.9 Å². The van der Waals surface area contributed by atoms with Crippen LogP contribution >= 0.6 is 0 Å². The Bertz CT molecular complexity index is 797. The van der Waals surface area contributed by atoms with Crippen LogP contribution < -0.4 is 10.1 Å². The van der Waals surface area contributed by atoms with Crippen LogP contribution in [-0.2, 0) is 32.1 Å². The zero-order chi connectivity index (χ0) is 22.0. The van der Waals surface area contributed by atoms with Gasteiger partial charge in [-0.05, 0) is 57.4 Å². The van der Waals surface area contributed by atoms with E-state index >= 15 is 0 Å². The Balaban J connectivity index is 1.98. The molecule has 0 amide bonds. The predicted molar refractivity (Wildman–Crippen MR) is 115 cm³/mol. The molecule has 0 radical (unpaired) electrons. The van der Waals surface area contributed by atoms with Crippen LogP contribution in [0.1, 0.15) is 38.8 Å². The lowest BCUT2D eigenvalue weighted by molar-refractivity contribution is -0.157. The topological polar surface area (TPSA) is 73.9 Å². The Morgan fingerprint density at radius 3 is 2.23 bits per heavy atom. The summed E-state index contributed by atoms with van der Waals surface area (Å²) in [5, 5.41) is 2.96. The van der Waals surface area contributed by atoms with Crippen LogP contribution in [0.25, 0.3) is 0 Å². The Morgan fingerprint density at radius 1 is 0.967 bits per heavy atom. The van der Waals surface area contributed by atoms with Crippen molar-refractivity contribution in [2.45, 2.75) is 52.4 Å². The van der Waals surface area contributed by atoms with E-state index in [-0.39, 0.29) is 6.54 Å². The molecule has 6 heteroatoms. The Morgan fingerprint density at radius 2 is 1.63 bits per heavy atom. The molecule has 0 unspecified atom stereocenters. The van der Waals surface area contributed by atoms with Crippen molar-refractivity contribution in [3.63, 3.8) is 0 Å². The van der Waals surface area contributed by atoms with E-state index in [0.29, 0.717) is 19.6 Å². The maximum absolute atomic E-state index is 12.6. The van der Waals surface area contributed by atoms with Crippen molar-refractivity contribution in [1.82, 2.24) is 5.32 Å². The highest BCUT2D eigenvalue weighted by Crippen LogP contribution is 2.17. The second kappa shape index (κ2) is 11.4. The summed E-state index contributed by atoms with van der Waals surface area (Å²) < 4.78 is 16.2. The van der Waals surface area contributed by atoms with Crippen LogP contribution in [-0.4, -0.2) is 36.7 Å². The number of carbonyl (C=O) groups is 2. The third kappa shape index (κ3) is 8.66. The van der Waals surface area contributed by atoms with Crippen molar-refractivity contribution in [2.24, 2.45) is 0 Å². The second-order valence-electron chi connectivity index (χ2n) is 7.89. The maximum atomic E-state index is 12.6. The van der Waals surface area contributed by atoms with E-state index < -0.39 is 23.6 Å². The van der Waals surface area contributed by atoms with E-state index in [2.05, 4.69) is 5.32 Å². The number of hydrogen-bond donors (Lipinski definition) is 1. The lowest BCUT2D eigenvalue weighted by Gasteiger charge is -2.24. The molecule has 0 aliphatic heterocycles. The quantitative estimate of drug-likeness (QED) is 0.599. The molecule has 0 spiro atoms. The molecule has 2 rings (SSSR count). The van der Waals surface area contributed by atoms with E-state index in [1.165, 1.54) is 0 Å². The predicted octanol–water partition coefficient (Wildman–Crippen LogP) is 3.67. The number of benzene rings is 2. The molecule has 2 aromatic rings. The molecule has 1 N–H and O–H groups in total. The summed E-state index contributed by atoms with van der Waals surface area (Å²) in [6.45, 7) is 7.90. The molecular weight excluding hydrogens is 382 g/mol. The molecule has 6 nitrogen and oxygen atoms in total. The van der Waals surface area contributed by atoms with E-state index in [4.69, 9.17) is 14.2 Å². The summed E-state index contributed by atoms with van der Waals surface area (Å²) in [6, 6.07) is 16.8. The number of nitrogens with one attached hydrogen (secondary N) is 1. The maximum Gasteiger partial charge on any atom is 0.324 e. The van der Waals surface area contributed by atoms with Crippen LogP contribution in [0, 0.1) is 0 Å². The zero-order valence-corrected chi connectivity index (χ0v) is 18.1. The number of ether oxygens (including phenoxy) is 3. The molecule has 1 atom stereocenters. The highest BCUT2D eigenvalue weighted by molar-refractivity contribution is 5.78. The van der Waals surface area contributed by atoms with Gasteiger partial charge in [-0.25, -0.2) is 0 Å². The highest BCUT2D eigenvalue weighted by Gasteiger charge is 2.26. The molecule has 0 saturated carbocycles. The van der Waals surface area contributed by atoms with Gasteiger partial charge in [-0.2, -0.15) is 0 Å². The molecule has 30 heavy (non-hydrogen) atoms. The molecule has 0 aliphatic carbocycles. The van der Waals surface area contributed by atoms with Gasteiger partial charge in [0.05, 0.1) is 13.2 Å². The van der Waals surface area contributed by atoms with Gasteiger partial charge >= 0.3 is 11.9 Å². The summed E-state index contributed by atoms with van der Waals surface area (Å²) >= 11 is 0. The van der Waals surface area contributed by atoms with Crippen molar-refractivity contribution in [3.05, 3.63) is 65.7 Å². The van der Waals surface area contributed by atoms with Crippen LogP contribution in [0.3, 0.4) is 0 Å². The van der Waals surface area contributed by atoms with E-state index in [0.717, 1.165) is 16.9 Å². The fourth-order valence-corrected chi connectivity index (χ4v) is 2.73. The number of carbonyl (C=O) groups excluding carboxylic acids is 2. The highest BCUT2D eigenvalue weighted by atomic mass is 16.6. The van der Waals surface area contributed by atoms with Gasteiger partial charge in [0.2, 0.25) is 0 Å². The van der Waals surface area contributed by atoms with Crippen molar-refractivity contribution in [2.75, 3.05) is 13.2 Å². The minimum absolute atomic E-state index is 0.0595.